The van der Waals surface area contributed by atoms with E-state index < -0.39 is 42.9 Å². The molecule has 0 radical (unpaired) electrons. The summed E-state index contributed by atoms with van der Waals surface area (Å²) in [6.45, 7) is 0.586. The molecule has 0 saturated carbocycles. The van der Waals surface area contributed by atoms with Crippen molar-refractivity contribution in [1.29, 1.82) is 0 Å². The lowest BCUT2D eigenvalue weighted by molar-refractivity contribution is -0.152. The molecule has 2 amide bonds. The molecule has 0 aliphatic heterocycles. The van der Waals surface area contributed by atoms with Gasteiger partial charge in [-0.15, -0.1) is 11.3 Å². The van der Waals surface area contributed by atoms with Gasteiger partial charge < -0.3 is 20.4 Å². The van der Waals surface area contributed by atoms with Crippen LogP contribution in [0.25, 0.3) is 11.0 Å². The van der Waals surface area contributed by atoms with E-state index in [-0.39, 0.29) is 21.6 Å². The number of nitrogens with zero attached hydrogens (tertiary/aromatic N) is 2. The molecule has 2 aromatic heterocycles. The van der Waals surface area contributed by atoms with Crippen LogP contribution in [0.15, 0.2) is 24.3 Å². The van der Waals surface area contributed by atoms with Crippen LogP contribution in [0.3, 0.4) is 0 Å². The highest BCUT2D eigenvalue weighted by Gasteiger charge is 2.38. The van der Waals surface area contributed by atoms with Crippen molar-refractivity contribution < 1.29 is 32.3 Å². The summed E-state index contributed by atoms with van der Waals surface area (Å²) < 4.78 is 45.8. The van der Waals surface area contributed by atoms with E-state index >= 15 is 0 Å². The van der Waals surface area contributed by atoms with Crippen molar-refractivity contribution in [2.45, 2.75) is 38.9 Å². The molecule has 0 saturated heterocycles. The Labute approximate surface area is 195 Å². The Morgan fingerprint density at radius 2 is 2.03 bits per heavy atom. The molecule has 1 unspecified atom stereocenters. The maximum atomic E-state index is 13.4. The van der Waals surface area contributed by atoms with Gasteiger partial charge in [-0.1, -0.05) is 19.1 Å². The number of halogens is 3. The van der Waals surface area contributed by atoms with Gasteiger partial charge in [-0.25, -0.2) is 4.98 Å². The fraction of sp³-hybridized carbons (Fsp3) is 0.364. The molecule has 1 atom stereocenters. The Hall–Kier alpha value is -3.41. The van der Waals surface area contributed by atoms with Gasteiger partial charge in [-0.2, -0.15) is 13.2 Å². The number of ether oxygens (including phenoxy) is 1. The van der Waals surface area contributed by atoms with Crippen molar-refractivity contribution in [3.63, 3.8) is 0 Å². The molecule has 0 fully saturated rings. The summed E-state index contributed by atoms with van der Waals surface area (Å²) in [6, 6.07) is 5.86. The van der Waals surface area contributed by atoms with E-state index in [9.17, 15) is 27.6 Å². The third-order valence-electron chi connectivity index (χ3n) is 5.57. The van der Waals surface area contributed by atoms with Gasteiger partial charge in [0.1, 0.15) is 11.5 Å². The molecular formula is C22H21F3N4O4S. The number of esters is 1. The molecular weight excluding hydrogens is 473 g/mol. The number of nitrogens with two attached hydrogens (primary N) is 1. The SMILES string of the molecule is CC1CCc2c(sc(NC(=O)COC(=O)Cn3c(C(F)(F)F)nc4ccccc43)c2C(N)=O)C1. The van der Waals surface area contributed by atoms with E-state index in [2.05, 4.69) is 17.2 Å². The van der Waals surface area contributed by atoms with Crippen molar-refractivity contribution in [3.8, 4) is 0 Å². The zero-order chi connectivity index (χ0) is 24.6. The molecule has 1 aromatic carbocycles. The molecule has 0 spiro atoms. The lowest BCUT2D eigenvalue weighted by Gasteiger charge is -2.18. The summed E-state index contributed by atoms with van der Waals surface area (Å²) in [5.41, 5.74) is 6.79. The zero-order valence-electron chi connectivity index (χ0n) is 18.1. The zero-order valence-corrected chi connectivity index (χ0v) is 18.9. The number of thiophene rings is 1. The molecule has 3 N–H and O–H groups in total. The van der Waals surface area contributed by atoms with Crippen LogP contribution in [0.2, 0.25) is 0 Å². The van der Waals surface area contributed by atoms with E-state index in [1.165, 1.54) is 35.6 Å². The smallest absolute Gasteiger partial charge is 0.449 e. The lowest BCUT2D eigenvalue weighted by atomic mass is 9.88. The summed E-state index contributed by atoms with van der Waals surface area (Å²) in [5.74, 6) is -3.23. The van der Waals surface area contributed by atoms with Crippen molar-refractivity contribution in [1.82, 2.24) is 9.55 Å². The highest BCUT2D eigenvalue weighted by Crippen LogP contribution is 2.39. The topological polar surface area (TPSA) is 116 Å². The van der Waals surface area contributed by atoms with Gasteiger partial charge in [0.05, 0.1) is 16.6 Å². The number of nitrogens with one attached hydrogen (secondary N) is 1. The van der Waals surface area contributed by atoms with Crippen LogP contribution in [0.4, 0.5) is 18.2 Å². The number of hydrogen-bond donors (Lipinski definition) is 2. The van der Waals surface area contributed by atoms with E-state index in [0.29, 0.717) is 16.9 Å². The summed E-state index contributed by atoms with van der Waals surface area (Å²) in [7, 11) is 0. The fourth-order valence-corrected chi connectivity index (χ4v) is 5.47. The maximum absolute atomic E-state index is 13.4. The first-order valence-electron chi connectivity index (χ1n) is 10.5. The number of benzene rings is 1. The number of imidazole rings is 1. The number of alkyl halides is 3. The highest BCUT2D eigenvalue weighted by atomic mass is 32.1. The number of fused-ring (bicyclic) bond motifs is 2. The molecule has 4 rings (SSSR count). The first-order chi connectivity index (χ1) is 16.0. The minimum absolute atomic E-state index is 0.0790. The number of para-hydroxylation sites is 2. The van der Waals surface area contributed by atoms with Gasteiger partial charge in [-0.05, 0) is 42.9 Å². The second-order valence-electron chi connectivity index (χ2n) is 8.14. The van der Waals surface area contributed by atoms with Gasteiger partial charge in [0.25, 0.3) is 11.8 Å². The van der Waals surface area contributed by atoms with Gasteiger partial charge in [-0.3, -0.25) is 14.4 Å². The Morgan fingerprint density at radius 1 is 1.29 bits per heavy atom. The Morgan fingerprint density at radius 3 is 2.74 bits per heavy atom. The Balaban J connectivity index is 1.44. The number of anilines is 1. The van der Waals surface area contributed by atoms with Crippen LogP contribution >= 0.6 is 11.3 Å². The standard InChI is InChI=1S/C22H21F3N4O4S/c1-11-6-7-12-15(8-11)34-20(18(12)19(26)32)28-16(30)10-33-17(31)9-29-14-5-3-2-4-13(14)27-21(29)22(23,24)25/h2-5,11H,6-10H2,1H3,(H2,26,32)(H,28,30). The molecule has 1 aliphatic rings. The average molecular weight is 494 g/mol. The molecule has 0 bridgehead atoms. The first kappa shape index (κ1) is 23.7. The van der Waals surface area contributed by atoms with E-state index in [4.69, 9.17) is 10.5 Å². The maximum Gasteiger partial charge on any atom is 0.449 e. The number of rotatable bonds is 6. The number of aromatic nitrogens is 2. The second kappa shape index (κ2) is 9.09. The monoisotopic (exact) mass is 494 g/mol. The quantitative estimate of drug-likeness (QED) is 0.509. The largest absolute Gasteiger partial charge is 0.454 e. The number of carbonyl (C=O) groups excluding carboxylic acids is 3. The fourth-order valence-electron chi connectivity index (χ4n) is 4.03. The molecule has 12 heteroatoms. The average Bonchev–Trinajstić information content (AvgIpc) is 3.30. The van der Waals surface area contributed by atoms with Crippen molar-refractivity contribution in [3.05, 3.63) is 46.1 Å². The number of hydrogen-bond acceptors (Lipinski definition) is 6. The van der Waals surface area contributed by atoms with Crippen LogP contribution in [0.5, 0.6) is 0 Å². The van der Waals surface area contributed by atoms with Crippen molar-refractivity contribution >= 4 is 45.2 Å². The number of amides is 2. The third kappa shape index (κ3) is 4.76. The molecule has 2 heterocycles. The van der Waals surface area contributed by atoms with Gasteiger partial charge >= 0.3 is 12.1 Å². The van der Waals surface area contributed by atoms with Gasteiger partial charge in [0, 0.05) is 4.88 Å². The molecule has 180 valence electrons. The summed E-state index contributed by atoms with van der Waals surface area (Å²) in [6.07, 6.45) is -2.43. The Kier molecular flexibility index (Phi) is 6.34. The predicted molar refractivity (Wildman–Crippen MR) is 118 cm³/mol. The van der Waals surface area contributed by atoms with Gasteiger partial charge in [0.2, 0.25) is 5.82 Å². The molecule has 34 heavy (non-hydrogen) atoms. The number of primary amides is 1. The molecule has 3 aromatic rings. The molecule has 1 aliphatic carbocycles. The Bertz CT molecular complexity index is 1280. The van der Waals surface area contributed by atoms with Crippen LogP contribution in [0, 0.1) is 5.92 Å². The van der Waals surface area contributed by atoms with Crippen LogP contribution in [0.1, 0.15) is 40.0 Å². The summed E-state index contributed by atoms with van der Waals surface area (Å²) in [4.78, 5) is 41.2. The van der Waals surface area contributed by atoms with Crippen molar-refractivity contribution in [2.24, 2.45) is 11.7 Å². The van der Waals surface area contributed by atoms with Crippen LogP contribution in [-0.4, -0.2) is 33.9 Å². The predicted octanol–water partition coefficient (Wildman–Crippen LogP) is 3.52. The van der Waals surface area contributed by atoms with Crippen LogP contribution in [-0.2, 0) is 39.9 Å². The summed E-state index contributed by atoms with van der Waals surface area (Å²) >= 11 is 1.26. The van der Waals surface area contributed by atoms with E-state index in [0.717, 1.165) is 23.3 Å². The van der Waals surface area contributed by atoms with Gasteiger partial charge in [0.15, 0.2) is 6.61 Å². The minimum Gasteiger partial charge on any atom is -0.454 e. The van der Waals surface area contributed by atoms with E-state index in [1.807, 2.05) is 0 Å². The van der Waals surface area contributed by atoms with Crippen molar-refractivity contribution in [2.75, 3.05) is 11.9 Å². The van der Waals surface area contributed by atoms with Crippen LogP contribution < -0.4 is 11.1 Å². The van der Waals surface area contributed by atoms with E-state index in [1.54, 1.807) is 0 Å². The minimum atomic E-state index is -4.78. The third-order valence-corrected chi connectivity index (χ3v) is 6.74. The summed E-state index contributed by atoms with van der Waals surface area (Å²) in [5, 5.41) is 2.83. The lowest BCUT2D eigenvalue weighted by Crippen LogP contribution is -2.25. The number of carbonyl (C=O) groups is 3. The second-order valence-corrected chi connectivity index (χ2v) is 9.24. The molecule has 8 nitrogen and oxygen atoms in total. The normalized spacial score (nSPS) is 15.7. The highest BCUT2D eigenvalue weighted by molar-refractivity contribution is 7.17. The first-order valence-corrected chi connectivity index (χ1v) is 11.3.